The summed E-state index contributed by atoms with van der Waals surface area (Å²) < 4.78 is 5.48. The highest BCUT2D eigenvalue weighted by molar-refractivity contribution is 6.00. The molecule has 42 heavy (non-hydrogen) atoms. The molecular weight excluding hydrogens is 536 g/mol. The van der Waals surface area contributed by atoms with E-state index in [1.165, 1.54) is 5.01 Å². The van der Waals surface area contributed by atoms with E-state index < -0.39 is 6.03 Å². The Bertz CT molecular complexity index is 1390. The summed E-state index contributed by atoms with van der Waals surface area (Å²) in [5.41, 5.74) is 9.39. The van der Waals surface area contributed by atoms with Gasteiger partial charge >= 0.3 is 6.03 Å². The summed E-state index contributed by atoms with van der Waals surface area (Å²) in [4.78, 5) is 41.0. The van der Waals surface area contributed by atoms with Crippen molar-refractivity contribution in [2.24, 2.45) is 5.84 Å². The van der Waals surface area contributed by atoms with E-state index in [2.05, 4.69) is 32.5 Å². The second-order valence-electron chi connectivity index (χ2n) is 10.3. The number of hydrogen-bond donors (Lipinski definition) is 4. The highest BCUT2D eigenvalue weighted by Crippen LogP contribution is 2.32. The zero-order chi connectivity index (χ0) is 29.6. The summed E-state index contributed by atoms with van der Waals surface area (Å²) in [7, 11) is 2.05. The number of aromatic nitrogens is 2. The van der Waals surface area contributed by atoms with Gasteiger partial charge in [-0.2, -0.15) is 0 Å². The number of carbonyl (C=O) groups excluding carboxylic acids is 2. The van der Waals surface area contributed by atoms with Crippen molar-refractivity contribution in [2.45, 2.75) is 6.92 Å². The summed E-state index contributed by atoms with van der Waals surface area (Å²) in [6.07, 6.45) is 0. The molecule has 0 atom stereocenters. The number of hydrazine groups is 1. The fraction of sp³-hybridized carbons (Fsp3) is 0.379. The number of nitrogens with two attached hydrogens (primary N) is 2. The molecule has 0 bridgehead atoms. The first-order valence-electron chi connectivity index (χ1n) is 14.1. The number of rotatable bonds is 7. The normalized spacial score (nSPS) is 15.8. The number of likely N-dealkylation sites (N-methyl/N-ethyl adjacent to an activating group) is 1. The Kier molecular flexibility index (Phi) is 9.00. The van der Waals surface area contributed by atoms with Gasteiger partial charge in [0, 0.05) is 68.3 Å². The molecule has 0 radical (unpaired) electrons. The van der Waals surface area contributed by atoms with E-state index in [0.29, 0.717) is 86.0 Å². The Hall–Kier alpha value is -4.46. The van der Waals surface area contributed by atoms with E-state index in [-0.39, 0.29) is 5.91 Å². The number of amides is 3. The number of ether oxygens (including phenoxy) is 1. The van der Waals surface area contributed by atoms with E-state index >= 15 is 0 Å². The minimum atomic E-state index is -0.400. The number of benzene rings is 2. The van der Waals surface area contributed by atoms with Crippen LogP contribution in [0.25, 0.3) is 11.4 Å². The van der Waals surface area contributed by atoms with Gasteiger partial charge in [-0.25, -0.2) is 20.6 Å². The average Bonchev–Trinajstić information content (AvgIpc) is 3.02. The SMILES string of the molecule is CCN(N)c1nc(-c2ccc(NC(=O)Nc3ccc(C(=O)N4CCN(C)CC4)cc3)cc2)nc(N2CCOCC2)c1N. The molecule has 0 aliphatic carbocycles. The molecule has 3 heterocycles. The van der Waals surface area contributed by atoms with Gasteiger partial charge in [0.2, 0.25) is 0 Å². The molecule has 5 rings (SSSR count). The number of urea groups is 1. The van der Waals surface area contributed by atoms with Crippen LogP contribution in [0.4, 0.5) is 33.5 Å². The quantitative estimate of drug-likeness (QED) is 0.244. The highest BCUT2D eigenvalue weighted by atomic mass is 16.5. The van der Waals surface area contributed by atoms with E-state index in [1.807, 2.05) is 24.0 Å². The Labute approximate surface area is 245 Å². The fourth-order valence-electron chi connectivity index (χ4n) is 4.84. The summed E-state index contributed by atoms with van der Waals surface area (Å²) in [6.45, 7) is 8.12. The van der Waals surface area contributed by atoms with Crippen LogP contribution >= 0.6 is 0 Å². The first kappa shape index (κ1) is 29.0. The Balaban J connectivity index is 1.24. The number of hydrogen-bond acceptors (Lipinski definition) is 10. The summed E-state index contributed by atoms with van der Waals surface area (Å²) in [5, 5.41) is 7.14. The van der Waals surface area contributed by atoms with E-state index in [9.17, 15) is 9.59 Å². The second-order valence-corrected chi connectivity index (χ2v) is 10.3. The molecule has 13 heteroatoms. The van der Waals surface area contributed by atoms with Crippen molar-refractivity contribution in [3.63, 3.8) is 0 Å². The first-order chi connectivity index (χ1) is 20.3. The maximum atomic E-state index is 12.8. The van der Waals surface area contributed by atoms with Crippen LogP contribution in [0.3, 0.4) is 0 Å². The van der Waals surface area contributed by atoms with Crippen molar-refractivity contribution in [3.05, 3.63) is 54.1 Å². The molecule has 1 aromatic heterocycles. The topological polar surface area (TPSA) is 158 Å². The van der Waals surface area contributed by atoms with Crippen molar-refractivity contribution in [3.8, 4) is 11.4 Å². The van der Waals surface area contributed by atoms with Gasteiger partial charge in [-0.1, -0.05) is 0 Å². The lowest BCUT2D eigenvalue weighted by Crippen LogP contribution is -2.47. The summed E-state index contributed by atoms with van der Waals surface area (Å²) in [5.74, 6) is 7.76. The molecule has 2 aliphatic heterocycles. The van der Waals surface area contributed by atoms with E-state index in [0.717, 1.165) is 18.7 Å². The van der Waals surface area contributed by atoms with Gasteiger partial charge in [0.15, 0.2) is 17.5 Å². The van der Waals surface area contributed by atoms with Crippen LogP contribution in [0.5, 0.6) is 0 Å². The van der Waals surface area contributed by atoms with Gasteiger partial charge in [-0.15, -0.1) is 0 Å². The lowest BCUT2D eigenvalue weighted by Gasteiger charge is -2.32. The minimum Gasteiger partial charge on any atom is -0.393 e. The van der Waals surface area contributed by atoms with Crippen LogP contribution < -0.4 is 32.1 Å². The number of morpholine rings is 1. The number of piperazine rings is 1. The van der Waals surface area contributed by atoms with Gasteiger partial charge in [0.05, 0.1) is 13.2 Å². The molecule has 0 spiro atoms. The van der Waals surface area contributed by atoms with Crippen LogP contribution in [0, 0.1) is 0 Å². The van der Waals surface area contributed by atoms with Crippen LogP contribution in [-0.4, -0.2) is 97.8 Å². The third-order valence-corrected chi connectivity index (χ3v) is 7.41. The minimum absolute atomic E-state index is 0.00215. The lowest BCUT2D eigenvalue weighted by molar-refractivity contribution is 0.0664. The number of anilines is 5. The zero-order valence-corrected chi connectivity index (χ0v) is 24.0. The Morgan fingerprint density at radius 2 is 1.50 bits per heavy atom. The molecule has 13 nitrogen and oxygen atoms in total. The summed E-state index contributed by atoms with van der Waals surface area (Å²) in [6, 6.07) is 13.7. The third kappa shape index (κ3) is 6.70. The maximum absolute atomic E-state index is 12.8. The fourth-order valence-corrected chi connectivity index (χ4v) is 4.84. The van der Waals surface area contributed by atoms with Gasteiger partial charge < -0.3 is 35.8 Å². The molecule has 3 amide bonds. The number of nitrogens with one attached hydrogen (secondary N) is 2. The first-order valence-corrected chi connectivity index (χ1v) is 14.1. The second kappa shape index (κ2) is 13.0. The summed E-state index contributed by atoms with van der Waals surface area (Å²) >= 11 is 0. The lowest BCUT2D eigenvalue weighted by atomic mass is 10.1. The Morgan fingerprint density at radius 3 is 2.10 bits per heavy atom. The van der Waals surface area contributed by atoms with Gasteiger partial charge in [0.25, 0.3) is 5.91 Å². The standard InChI is InChI=1S/C29H38N10O3/c1-3-39(31)27-24(30)26(37-16-18-42-19-17-37)34-25(35-27)20-4-8-22(9-5-20)32-29(41)33-23-10-6-21(7-11-23)28(40)38-14-12-36(2)13-15-38/h4-11H,3,12-19,30-31H2,1-2H3,(H2,32,33,41). The predicted molar refractivity (Wildman–Crippen MR) is 165 cm³/mol. The maximum Gasteiger partial charge on any atom is 0.323 e. The van der Waals surface area contributed by atoms with Gasteiger partial charge in [-0.3, -0.25) is 9.80 Å². The van der Waals surface area contributed by atoms with E-state index in [1.54, 1.807) is 36.4 Å². The smallest absolute Gasteiger partial charge is 0.323 e. The van der Waals surface area contributed by atoms with E-state index in [4.69, 9.17) is 21.3 Å². The van der Waals surface area contributed by atoms with Crippen molar-refractivity contribution < 1.29 is 14.3 Å². The van der Waals surface area contributed by atoms with Crippen molar-refractivity contribution in [2.75, 3.05) is 92.4 Å². The zero-order valence-electron chi connectivity index (χ0n) is 24.0. The number of carbonyl (C=O) groups is 2. The van der Waals surface area contributed by atoms with Crippen LogP contribution in [0.1, 0.15) is 17.3 Å². The highest BCUT2D eigenvalue weighted by Gasteiger charge is 2.23. The molecule has 2 fully saturated rings. The number of nitrogen functional groups attached to an aromatic ring is 1. The van der Waals surface area contributed by atoms with Crippen LogP contribution in [-0.2, 0) is 4.74 Å². The predicted octanol–water partition coefficient (Wildman–Crippen LogP) is 2.29. The monoisotopic (exact) mass is 574 g/mol. The van der Waals surface area contributed by atoms with Crippen molar-refractivity contribution in [1.29, 1.82) is 0 Å². The molecule has 3 aromatic rings. The van der Waals surface area contributed by atoms with Crippen LogP contribution in [0.15, 0.2) is 48.5 Å². The molecule has 222 valence electrons. The largest absolute Gasteiger partial charge is 0.393 e. The van der Waals surface area contributed by atoms with Crippen LogP contribution in [0.2, 0.25) is 0 Å². The van der Waals surface area contributed by atoms with Crippen molar-refractivity contribution in [1.82, 2.24) is 19.8 Å². The Morgan fingerprint density at radius 1 is 0.905 bits per heavy atom. The molecule has 2 aromatic carbocycles. The molecular formula is C29H38N10O3. The average molecular weight is 575 g/mol. The van der Waals surface area contributed by atoms with Gasteiger partial charge in [0.1, 0.15) is 5.69 Å². The van der Waals surface area contributed by atoms with Gasteiger partial charge in [-0.05, 0) is 62.5 Å². The third-order valence-electron chi connectivity index (χ3n) is 7.41. The molecule has 0 saturated carbocycles. The van der Waals surface area contributed by atoms with Crippen molar-refractivity contribution >= 4 is 40.6 Å². The molecule has 2 aliphatic rings. The molecule has 6 N–H and O–H groups in total. The number of nitrogens with zero attached hydrogens (tertiary/aromatic N) is 6. The molecule has 2 saturated heterocycles. The molecule has 0 unspecified atom stereocenters.